The van der Waals surface area contributed by atoms with Gasteiger partial charge in [0.2, 0.25) is 0 Å². The minimum atomic E-state index is -4.40. The number of thiazole rings is 1. The molecule has 0 saturated carbocycles. The smallest absolute Gasteiger partial charge is 0.417 e. The summed E-state index contributed by atoms with van der Waals surface area (Å²) in [6.45, 7) is 1.85. The summed E-state index contributed by atoms with van der Waals surface area (Å²) in [6.07, 6.45) is -2.02. The number of alkyl halides is 3. The first-order valence-electron chi connectivity index (χ1n) is 8.49. The van der Waals surface area contributed by atoms with Crippen molar-refractivity contribution in [3.63, 3.8) is 0 Å². The number of piperazine rings is 1. The van der Waals surface area contributed by atoms with E-state index in [0.29, 0.717) is 48.5 Å². The first-order valence-corrected chi connectivity index (χ1v) is 9.36. The molecule has 1 aliphatic rings. The lowest BCUT2D eigenvalue weighted by molar-refractivity contribution is -0.137. The molecule has 0 radical (unpaired) electrons. The first kappa shape index (κ1) is 18.5. The summed E-state index contributed by atoms with van der Waals surface area (Å²) in [5, 5.41) is 2.34. The van der Waals surface area contributed by atoms with Crippen molar-refractivity contribution in [1.29, 1.82) is 0 Å². The van der Waals surface area contributed by atoms with Gasteiger partial charge in [0.25, 0.3) is 5.91 Å². The van der Waals surface area contributed by atoms with Crippen molar-refractivity contribution >= 4 is 23.1 Å². The first-order chi connectivity index (χ1) is 13.4. The maximum absolute atomic E-state index is 12.7. The quantitative estimate of drug-likeness (QED) is 0.660. The number of hydrogen-bond acceptors (Lipinski definition) is 6. The Kier molecular flexibility index (Phi) is 4.80. The number of hydrogen-bond donors (Lipinski definition) is 0. The monoisotopic (exact) mass is 408 g/mol. The number of nitrogens with zero attached hydrogens (tertiary/aromatic N) is 4. The van der Waals surface area contributed by atoms with Crippen LogP contribution in [0.1, 0.15) is 16.1 Å². The minimum Gasteiger partial charge on any atom is -0.462 e. The number of anilines is 1. The Morgan fingerprint density at radius 3 is 2.54 bits per heavy atom. The van der Waals surface area contributed by atoms with Gasteiger partial charge in [0.05, 0.1) is 11.8 Å². The van der Waals surface area contributed by atoms with Crippen LogP contribution in [0.4, 0.5) is 19.0 Å². The van der Waals surface area contributed by atoms with Crippen molar-refractivity contribution < 1.29 is 22.4 Å². The van der Waals surface area contributed by atoms with E-state index in [1.807, 2.05) is 4.90 Å². The molecule has 4 heterocycles. The molecule has 1 aliphatic heterocycles. The fraction of sp³-hybridized carbons (Fsp3) is 0.278. The highest BCUT2D eigenvalue weighted by atomic mass is 32.1. The molecule has 4 rings (SSSR count). The number of pyridine rings is 1. The minimum absolute atomic E-state index is 0.172. The summed E-state index contributed by atoms with van der Waals surface area (Å²) in [5.74, 6) is 0.908. The zero-order chi connectivity index (χ0) is 19.7. The number of carbonyl (C=O) groups excluding carboxylic acids is 1. The van der Waals surface area contributed by atoms with Crippen LogP contribution in [0.15, 0.2) is 46.5 Å². The lowest BCUT2D eigenvalue weighted by Crippen LogP contribution is -2.49. The fourth-order valence-corrected chi connectivity index (χ4v) is 3.69. The molecular weight excluding hydrogens is 393 g/mol. The Hall–Kier alpha value is -2.88. The van der Waals surface area contributed by atoms with E-state index in [2.05, 4.69) is 9.97 Å². The molecule has 1 fully saturated rings. The Balaban J connectivity index is 1.38. The molecule has 6 nitrogen and oxygen atoms in total. The van der Waals surface area contributed by atoms with Gasteiger partial charge in [-0.1, -0.05) is 0 Å². The van der Waals surface area contributed by atoms with Crippen molar-refractivity contribution in [2.75, 3.05) is 31.1 Å². The van der Waals surface area contributed by atoms with Gasteiger partial charge in [0.15, 0.2) is 10.8 Å². The van der Waals surface area contributed by atoms with Crippen LogP contribution in [0.2, 0.25) is 0 Å². The van der Waals surface area contributed by atoms with Crippen LogP contribution in [0.5, 0.6) is 0 Å². The Labute approximate surface area is 162 Å². The third kappa shape index (κ3) is 3.72. The normalized spacial score (nSPS) is 15.1. The van der Waals surface area contributed by atoms with E-state index in [0.717, 1.165) is 12.3 Å². The number of amides is 1. The zero-order valence-corrected chi connectivity index (χ0v) is 15.3. The molecule has 0 spiro atoms. The highest BCUT2D eigenvalue weighted by Crippen LogP contribution is 2.29. The van der Waals surface area contributed by atoms with E-state index in [-0.39, 0.29) is 5.91 Å². The molecule has 28 heavy (non-hydrogen) atoms. The van der Waals surface area contributed by atoms with Gasteiger partial charge in [-0.25, -0.2) is 9.97 Å². The van der Waals surface area contributed by atoms with Crippen LogP contribution >= 0.6 is 11.3 Å². The van der Waals surface area contributed by atoms with E-state index >= 15 is 0 Å². The average Bonchev–Trinajstić information content (AvgIpc) is 3.38. The van der Waals surface area contributed by atoms with Gasteiger partial charge in [0.1, 0.15) is 11.5 Å². The molecule has 3 aromatic heterocycles. The van der Waals surface area contributed by atoms with Crippen molar-refractivity contribution in [3.05, 3.63) is 53.4 Å². The summed E-state index contributed by atoms with van der Waals surface area (Å²) in [6, 6.07) is 5.91. The van der Waals surface area contributed by atoms with E-state index < -0.39 is 11.7 Å². The van der Waals surface area contributed by atoms with E-state index in [1.165, 1.54) is 17.4 Å². The third-order valence-electron chi connectivity index (χ3n) is 4.42. The standard InChI is InChI=1S/C18H15F3N4O2S/c19-18(20,21)12-3-4-15(22-10-12)24-5-7-25(8-6-24)17(26)13-11-28-16(23-13)14-2-1-9-27-14/h1-4,9-11H,5-8H2. The molecule has 146 valence electrons. The van der Waals surface area contributed by atoms with Gasteiger partial charge in [-0.15, -0.1) is 11.3 Å². The van der Waals surface area contributed by atoms with E-state index in [4.69, 9.17) is 4.42 Å². The summed E-state index contributed by atoms with van der Waals surface area (Å²) >= 11 is 1.34. The van der Waals surface area contributed by atoms with E-state index in [9.17, 15) is 18.0 Å². The molecule has 0 unspecified atom stereocenters. The van der Waals surface area contributed by atoms with E-state index in [1.54, 1.807) is 28.7 Å². The number of carbonyl (C=O) groups is 1. The number of rotatable bonds is 3. The Bertz CT molecular complexity index is 946. The summed E-state index contributed by atoms with van der Waals surface area (Å²) in [5.41, 5.74) is -0.418. The van der Waals surface area contributed by atoms with Gasteiger partial charge < -0.3 is 14.2 Å². The van der Waals surface area contributed by atoms with Crippen LogP contribution in [0.3, 0.4) is 0 Å². The van der Waals surface area contributed by atoms with Crippen LogP contribution < -0.4 is 4.90 Å². The maximum atomic E-state index is 12.7. The molecular formula is C18H15F3N4O2S. The molecule has 1 saturated heterocycles. The lowest BCUT2D eigenvalue weighted by Gasteiger charge is -2.35. The Morgan fingerprint density at radius 1 is 1.14 bits per heavy atom. The number of aromatic nitrogens is 2. The zero-order valence-electron chi connectivity index (χ0n) is 14.5. The lowest BCUT2D eigenvalue weighted by atomic mass is 10.2. The van der Waals surface area contributed by atoms with Gasteiger partial charge in [-0.3, -0.25) is 4.79 Å². The maximum Gasteiger partial charge on any atom is 0.417 e. The molecule has 0 N–H and O–H groups in total. The summed E-state index contributed by atoms with van der Waals surface area (Å²) in [4.78, 5) is 24.5. The average molecular weight is 408 g/mol. The molecule has 0 atom stereocenters. The molecule has 0 aromatic carbocycles. The SMILES string of the molecule is O=C(c1csc(-c2ccco2)n1)N1CCN(c2ccc(C(F)(F)F)cn2)CC1. The molecule has 10 heteroatoms. The molecule has 3 aromatic rings. The topological polar surface area (TPSA) is 62.5 Å². The van der Waals surface area contributed by atoms with Crippen LogP contribution in [-0.2, 0) is 6.18 Å². The second kappa shape index (κ2) is 7.27. The van der Waals surface area contributed by atoms with Crippen LogP contribution in [0.25, 0.3) is 10.8 Å². The summed E-state index contributed by atoms with van der Waals surface area (Å²) in [7, 11) is 0. The van der Waals surface area contributed by atoms with Gasteiger partial charge in [-0.05, 0) is 24.3 Å². The second-order valence-corrected chi connectivity index (χ2v) is 7.06. The van der Waals surface area contributed by atoms with Crippen molar-refractivity contribution in [2.45, 2.75) is 6.18 Å². The van der Waals surface area contributed by atoms with Crippen molar-refractivity contribution in [1.82, 2.24) is 14.9 Å². The highest BCUT2D eigenvalue weighted by molar-refractivity contribution is 7.13. The predicted octanol–water partition coefficient (Wildman–Crippen LogP) is 3.78. The fourth-order valence-electron chi connectivity index (χ4n) is 2.93. The largest absolute Gasteiger partial charge is 0.462 e. The van der Waals surface area contributed by atoms with Gasteiger partial charge in [-0.2, -0.15) is 13.2 Å². The summed E-state index contributed by atoms with van der Waals surface area (Å²) < 4.78 is 43.2. The van der Waals surface area contributed by atoms with Crippen LogP contribution in [0, 0.1) is 0 Å². The van der Waals surface area contributed by atoms with Gasteiger partial charge >= 0.3 is 6.18 Å². The Morgan fingerprint density at radius 2 is 1.93 bits per heavy atom. The molecule has 1 amide bonds. The predicted molar refractivity (Wildman–Crippen MR) is 97.2 cm³/mol. The number of furan rings is 1. The number of halogens is 3. The van der Waals surface area contributed by atoms with Gasteiger partial charge in [0, 0.05) is 37.8 Å². The van der Waals surface area contributed by atoms with Crippen LogP contribution in [-0.4, -0.2) is 47.0 Å². The van der Waals surface area contributed by atoms with Crippen molar-refractivity contribution in [2.24, 2.45) is 0 Å². The molecule has 0 bridgehead atoms. The third-order valence-corrected chi connectivity index (χ3v) is 5.28. The second-order valence-electron chi connectivity index (χ2n) is 6.20. The van der Waals surface area contributed by atoms with Crippen molar-refractivity contribution in [3.8, 4) is 10.8 Å². The highest BCUT2D eigenvalue weighted by Gasteiger charge is 2.31. The molecule has 0 aliphatic carbocycles.